The zero-order chi connectivity index (χ0) is 19.8. The summed E-state index contributed by atoms with van der Waals surface area (Å²) in [7, 11) is -1.51. The average molecular weight is 403 g/mol. The normalized spacial score (nSPS) is 11.9. The van der Waals surface area contributed by atoms with Crippen LogP contribution in [0.3, 0.4) is 0 Å². The number of fused-ring (bicyclic) bond motifs is 1. The number of aromatic nitrogens is 2. The van der Waals surface area contributed by atoms with Crippen molar-refractivity contribution in [2.45, 2.75) is 25.6 Å². The Morgan fingerprint density at radius 2 is 2.04 bits per heavy atom. The van der Waals surface area contributed by atoms with Gasteiger partial charge in [-0.1, -0.05) is 11.6 Å². The molecule has 0 spiro atoms. The molecule has 2 heterocycles. The van der Waals surface area contributed by atoms with Crippen molar-refractivity contribution in [2.24, 2.45) is 7.05 Å². The van der Waals surface area contributed by atoms with Crippen molar-refractivity contribution < 1.29 is 8.42 Å². The van der Waals surface area contributed by atoms with E-state index in [2.05, 4.69) is 15.8 Å². The van der Waals surface area contributed by atoms with Crippen LogP contribution in [-0.2, 0) is 23.6 Å². The molecule has 0 fully saturated rings. The molecule has 3 rings (SSSR count). The molecule has 0 unspecified atom stereocenters. The summed E-state index contributed by atoms with van der Waals surface area (Å²) >= 11 is 6.10. The molecule has 27 heavy (non-hydrogen) atoms. The number of rotatable bonds is 5. The predicted octanol–water partition coefficient (Wildman–Crippen LogP) is 3.59. The van der Waals surface area contributed by atoms with Crippen molar-refractivity contribution in [1.82, 2.24) is 14.3 Å². The molecule has 1 N–H and O–H groups in total. The Balaban J connectivity index is 2.06. The van der Waals surface area contributed by atoms with E-state index in [9.17, 15) is 13.7 Å². The highest BCUT2D eigenvalue weighted by Gasteiger charge is 2.18. The molecule has 0 amide bonds. The van der Waals surface area contributed by atoms with E-state index < -0.39 is 15.3 Å². The van der Waals surface area contributed by atoms with Crippen molar-refractivity contribution in [3.05, 3.63) is 52.8 Å². The molecule has 0 atom stereocenters. The molecule has 0 radical (unpaired) electrons. The highest BCUT2D eigenvalue weighted by atomic mass is 35.5. The zero-order valence-electron chi connectivity index (χ0n) is 15.2. The topological polar surface area (TPSA) is 87.8 Å². The number of nitriles is 1. The first-order valence-electron chi connectivity index (χ1n) is 8.35. The van der Waals surface area contributed by atoms with Gasteiger partial charge in [0, 0.05) is 42.0 Å². The van der Waals surface area contributed by atoms with Gasteiger partial charge in [0.05, 0.1) is 22.0 Å². The Morgan fingerprint density at radius 3 is 2.70 bits per heavy atom. The summed E-state index contributed by atoms with van der Waals surface area (Å²) in [5.41, 5.74) is 3.55. The van der Waals surface area contributed by atoms with E-state index in [0.29, 0.717) is 16.1 Å². The highest BCUT2D eigenvalue weighted by molar-refractivity contribution is 7.90. The van der Waals surface area contributed by atoms with Crippen LogP contribution in [-0.4, -0.2) is 23.2 Å². The van der Waals surface area contributed by atoms with E-state index in [1.807, 2.05) is 29.8 Å². The summed E-state index contributed by atoms with van der Waals surface area (Å²) in [6.07, 6.45) is 3.27. The van der Waals surface area contributed by atoms with Gasteiger partial charge in [-0.3, -0.25) is 4.98 Å². The molecule has 3 aromatic rings. The second-order valence-corrected chi connectivity index (χ2v) is 9.31. The van der Waals surface area contributed by atoms with Crippen molar-refractivity contribution in [3.8, 4) is 17.3 Å². The predicted molar refractivity (Wildman–Crippen MR) is 107 cm³/mol. The first kappa shape index (κ1) is 19.4. The minimum atomic E-state index is -3.37. The van der Waals surface area contributed by atoms with Crippen LogP contribution in [0.15, 0.2) is 36.7 Å². The van der Waals surface area contributed by atoms with Crippen molar-refractivity contribution >= 4 is 32.5 Å². The average Bonchev–Trinajstić information content (AvgIpc) is 2.91. The maximum Gasteiger partial charge on any atom is 0.214 e. The smallest absolute Gasteiger partial charge is 0.214 e. The SMILES string of the molecule is CC(C)S(=O)(=O)NCc1cncc(-c2c(C#N)c3ccc(Cl)cc3n2C)c1. The first-order chi connectivity index (χ1) is 12.7. The van der Waals surface area contributed by atoms with E-state index >= 15 is 0 Å². The molecule has 0 aliphatic rings. The Morgan fingerprint density at radius 1 is 1.30 bits per heavy atom. The molecule has 8 heteroatoms. The monoisotopic (exact) mass is 402 g/mol. The number of nitrogens with one attached hydrogen (secondary N) is 1. The summed E-state index contributed by atoms with van der Waals surface area (Å²) in [6, 6.07) is 9.50. The fourth-order valence-corrected chi connectivity index (χ4v) is 3.79. The summed E-state index contributed by atoms with van der Waals surface area (Å²) in [5, 5.41) is 10.6. The lowest BCUT2D eigenvalue weighted by Gasteiger charge is -2.11. The van der Waals surface area contributed by atoms with Gasteiger partial charge >= 0.3 is 0 Å². The fourth-order valence-electron chi connectivity index (χ4n) is 2.92. The summed E-state index contributed by atoms with van der Waals surface area (Å²) in [6.45, 7) is 3.38. The third kappa shape index (κ3) is 3.69. The van der Waals surface area contributed by atoms with E-state index in [1.54, 1.807) is 32.3 Å². The molecule has 0 aliphatic heterocycles. The lowest BCUT2D eigenvalue weighted by molar-refractivity contribution is 0.572. The number of hydrogen-bond acceptors (Lipinski definition) is 4. The van der Waals surface area contributed by atoms with Gasteiger partial charge in [-0.25, -0.2) is 13.1 Å². The number of hydrogen-bond donors (Lipinski definition) is 1. The van der Waals surface area contributed by atoms with Crippen LogP contribution in [0.5, 0.6) is 0 Å². The van der Waals surface area contributed by atoms with Gasteiger partial charge in [-0.2, -0.15) is 5.26 Å². The van der Waals surface area contributed by atoms with E-state index in [-0.39, 0.29) is 6.54 Å². The number of sulfonamides is 1. The van der Waals surface area contributed by atoms with Gasteiger partial charge in [0.1, 0.15) is 6.07 Å². The molecule has 2 aromatic heterocycles. The highest BCUT2D eigenvalue weighted by Crippen LogP contribution is 2.33. The van der Waals surface area contributed by atoms with Gasteiger partial charge in [0.15, 0.2) is 0 Å². The van der Waals surface area contributed by atoms with Crippen molar-refractivity contribution in [3.63, 3.8) is 0 Å². The lowest BCUT2D eigenvalue weighted by atomic mass is 10.1. The molecular formula is C19H19ClN4O2S. The van der Waals surface area contributed by atoms with Gasteiger partial charge in [0.25, 0.3) is 0 Å². The molecule has 0 bridgehead atoms. The summed E-state index contributed by atoms with van der Waals surface area (Å²) < 4.78 is 28.4. The fraction of sp³-hybridized carbons (Fsp3) is 0.263. The molecule has 1 aromatic carbocycles. The van der Waals surface area contributed by atoms with Crippen LogP contribution < -0.4 is 4.72 Å². The van der Waals surface area contributed by atoms with Gasteiger partial charge in [-0.05, 0) is 43.7 Å². The molecular weight excluding hydrogens is 384 g/mol. The van der Waals surface area contributed by atoms with Crippen molar-refractivity contribution in [1.29, 1.82) is 5.26 Å². The van der Waals surface area contributed by atoms with Crippen molar-refractivity contribution in [2.75, 3.05) is 0 Å². The summed E-state index contributed by atoms with van der Waals surface area (Å²) in [5.74, 6) is 0. The van der Waals surface area contributed by atoms with Crippen LogP contribution in [0.2, 0.25) is 5.02 Å². The maximum atomic E-state index is 12.0. The van der Waals surface area contributed by atoms with E-state index in [4.69, 9.17) is 11.6 Å². The minimum absolute atomic E-state index is 0.138. The van der Waals surface area contributed by atoms with E-state index in [1.165, 1.54) is 0 Å². The van der Waals surface area contributed by atoms with Crippen LogP contribution in [0.4, 0.5) is 0 Å². The number of benzene rings is 1. The minimum Gasteiger partial charge on any atom is -0.342 e. The Labute approximate surface area is 163 Å². The van der Waals surface area contributed by atoms with Gasteiger partial charge in [0.2, 0.25) is 10.0 Å². The van der Waals surface area contributed by atoms with E-state index in [0.717, 1.165) is 22.2 Å². The van der Waals surface area contributed by atoms with Gasteiger partial charge < -0.3 is 4.57 Å². The Bertz CT molecular complexity index is 1160. The van der Waals surface area contributed by atoms with Gasteiger partial charge in [-0.15, -0.1) is 0 Å². The molecule has 140 valence electrons. The number of halogens is 1. The molecule has 0 aliphatic carbocycles. The Hall–Kier alpha value is -2.40. The number of pyridine rings is 1. The standard InChI is InChI=1S/C19H19ClN4O2S/c1-12(2)27(25,26)23-10-13-6-14(11-22-9-13)19-17(8-21)16-5-4-15(20)7-18(16)24(19)3/h4-7,9,11-12,23H,10H2,1-3H3. The maximum absolute atomic E-state index is 12.0. The number of aryl methyl sites for hydroxylation is 1. The Kier molecular flexibility index (Phi) is 5.24. The van der Waals surface area contributed by atoms with Crippen LogP contribution in [0, 0.1) is 11.3 Å². The third-order valence-electron chi connectivity index (χ3n) is 4.44. The molecule has 0 saturated carbocycles. The second kappa shape index (κ2) is 7.31. The van der Waals surface area contributed by atoms with Crippen LogP contribution >= 0.6 is 11.6 Å². The molecule has 6 nitrogen and oxygen atoms in total. The largest absolute Gasteiger partial charge is 0.342 e. The van der Waals surface area contributed by atoms with Crippen LogP contribution in [0.1, 0.15) is 25.0 Å². The lowest BCUT2D eigenvalue weighted by Crippen LogP contribution is -2.30. The number of nitrogens with zero attached hydrogens (tertiary/aromatic N) is 3. The quantitative estimate of drug-likeness (QED) is 0.706. The summed E-state index contributed by atoms with van der Waals surface area (Å²) in [4.78, 5) is 4.23. The first-order valence-corrected chi connectivity index (χ1v) is 10.3. The zero-order valence-corrected chi connectivity index (χ0v) is 16.8. The third-order valence-corrected chi connectivity index (χ3v) is 6.46. The molecule has 0 saturated heterocycles. The van der Waals surface area contributed by atoms with Crippen LogP contribution in [0.25, 0.3) is 22.2 Å². The second-order valence-electron chi connectivity index (χ2n) is 6.55.